The standard InChI is InChI=1S/C13H11N2/c14-11-5-7-13-10(9-11)4-6-12-3-1-2-8-15(12)13/h1-9H,14H2/q+1. The number of rotatable bonds is 0. The number of anilines is 1. The van der Waals surface area contributed by atoms with Gasteiger partial charge in [-0.2, -0.15) is 4.40 Å². The summed E-state index contributed by atoms with van der Waals surface area (Å²) in [5.74, 6) is 0. The van der Waals surface area contributed by atoms with Gasteiger partial charge in [-0.15, -0.1) is 0 Å². The van der Waals surface area contributed by atoms with Crippen LogP contribution in [0.25, 0.3) is 16.4 Å². The second-order valence-corrected chi connectivity index (χ2v) is 3.65. The molecule has 0 atom stereocenters. The van der Waals surface area contributed by atoms with Gasteiger partial charge < -0.3 is 5.73 Å². The summed E-state index contributed by atoms with van der Waals surface area (Å²) in [4.78, 5) is 0. The van der Waals surface area contributed by atoms with Crippen molar-refractivity contribution in [2.75, 3.05) is 5.73 Å². The summed E-state index contributed by atoms with van der Waals surface area (Å²) in [5, 5.41) is 1.17. The van der Waals surface area contributed by atoms with Crippen LogP contribution in [0.5, 0.6) is 0 Å². The summed E-state index contributed by atoms with van der Waals surface area (Å²) >= 11 is 0. The van der Waals surface area contributed by atoms with E-state index in [9.17, 15) is 0 Å². The van der Waals surface area contributed by atoms with E-state index >= 15 is 0 Å². The van der Waals surface area contributed by atoms with E-state index in [1.54, 1.807) is 0 Å². The second kappa shape index (κ2) is 2.95. The van der Waals surface area contributed by atoms with Crippen molar-refractivity contribution in [1.29, 1.82) is 0 Å². The predicted octanol–water partition coefficient (Wildman–Crippen LogP) is 2.16. The van der Waals surface area contributed by atoms with Crippen molar-refractivity contribution in [3.05, 3.63) is 54.7 Å². The number of aromatic nitrogens is 1. The average Bonchev–Trinajstić information content (AvgIpc) is 2.28. The maximum absolute atomic E-state index is 5.76. The Morgan fingerprint density at radius 1 is 0.933 bits per heavy atom. The van der Waals surface area contributed by atoms with Crippen LogP contribution >= 0.6 is 0 Å². The van der Waals surface area contributed by atoms with E-state index in [1.165, 1.54) is 16.4 Å². The zero-order valence-electron chi connectivity index (χ0n) is 8.22. The van der Waals surface area contributed by atoms with E-state index < -0.39 is 0 Å². The smallest absolute Gasteiger partial charge is 0.218 e. The molecule has 0 bridgehead atoms. The summed E-state index contributed by atoms with van der Waals surface area (Å²) in [6.07, 6.45) is 2.06. The van der Waals surface area contributed by atoms with Crippen molar-refractivity contribution in [2.24, 2.45) is 0 Å². The summed E-state index contributed by atoms with van der Waals surface area (Å²) in [6.45, 7) is 0. The van der Waals surface area contributed by atoms with Gasteiger partial charge in [0.1, 0.15) is 0 Å². The number of nitrogens with zero attached hydrogens (tertiary/aromatic N) is 1. The molecule has 0 unspecified atom stereocenters. The molecule has 3 rings (SSSR count). The fourth-order valence-corrected chi connectivity index (χ4v) is 1.91. The van der Waals surface area contributed by atoms with E-state index in [4.69, 9.17) is 5.73 Å². The van der Waals surface area contributed by atoms with Crippen LogP contribution in [0.1, 0.15) is 0 Å². The van der Waals surface area contributed by atoms with Gasteiger partial charge in [-0.25, -0.2) is 0 Å². The first-order chi connectivity index (χ1) is 7.34. The van der Waals surface area contributed by atoms with Gasteiger partial charge in [0.25, 0.3) is 0 Å². The first-order valence-corrected chi connectivity index (χ1v) is 4.93. The number of fused-ring (bicyclic) bond motifs is 3. The molecule has 0 spiro atoms. The van der Waals surface area contributed by atoms with Crippen molar-refractivity contribution < 1.29 is 4.40 Å². The van der Waals surface area contributed by atoms with Gasteiger partial charge in [0.05, 0.1) is 0 Å². The Labute approximate surface area is 87.6 Å². The van der Waals surface area contributed by atoms with Crippen LogP contribution in [0.2, 0.25) is 0 Å². The molecule has 2 aromatic heterocycles. The Bertz CT molecular complexity index is 644. The molecule has 2 N–H and O–H groups in total. The molecule has 0 aliphatic rings. The van der Waals surface area contributed by atoms with Crippen LogP contribution in [0.3, 0.4) is 0 Å². The fraction of sp³-hybridized carbons (Fsp3) is 0. The van der Waals surface area contributed by atoms with Crippen LogP contribution in [0.15, 0.2) is 54.7 Å². The van der Waals surface area contributed by atoms with Gasteiger partial charge in [0.15, 0.2) is 6.20 Å². The summed E-state index contributed by atoms with van der Waals surface area (Å²) in [6, 6.07) is 16.3. The van der Waals surface area contributed by atoms with Gasteiger partial charge in [0, 0.05) is 35.3 Å². The first-order valence-electron chi connectivity index (χ1n) is 4.93. The molecule has 3 aromatic rings. The zero-order chi connectivity index (χ0) is 10.3. The minimum atomic E-state index is 0.804. The third-order valence-electron chi connectivity index (χ3n) is 2.64. The number of nitrogens with two attached hydrogens (primary N) is 1. The number of hydrogen-bond donors (Lipinski definition) is 1. The Hall–Kier alpha value is -2.09. The second-order valence-electron chi connectivity index (χ2n) is 3.65. The van der Waals surface area contributed by atoms with Gasteiger partial charge in [-0.3, -0.25) is 0 Å². The number of hydrogen-bond acceptors (Lipinski definition) is 1. The molecule has 2 heteroatoms. The molecule has 0 aliphatic heterocycles. The van der Waals surface area contributed by atoms with Crippen molar-refractivity contribution >= 4 is 22.1 Å². The van der Waals surface area contributed by atoms with Crippen LogP contribution in [0.4, 0.5) is 5.69 Å². The molecular formula is C13H11N2+. The molecule has 72 valence electrons. The van der Waals surface area contributed by atoms with E-state index in [-0.39, 0.29) is 0 Å². The van der Waals surface area contributed by atoms with Crippen molar-refractivity contribution in [2.45, 2.75) is 0 Å². The minimum Gasteiger partial charge on any atom is -0.399 e. The maximum Gasteiger partial charge on any atom is 0.218 e. The monoisotopic (exact) mass is 195 g/mol. The summed E-state index contributed by atoms with van der Waals surface area (Å²) < 4.78 is 2.16. The summed E-state index contributed by atoms with van der Waals surface area (Å²) in [5.41, 5.74) is 8.94. The highest BCUT2D eigenvalue weighted by Gasteiger charge is 2.06. The Balaban J connectivity index is 2.55. The molecule has 2 nitrogen and oxygen atoms in total. The molecule has 15 heavy (non-hydrogen) atoms. The third kappa shape index (κ3) is 1.22. The van der Waals surface area contributed by atoms with E-state index in [0.717, 1.165) is 5.69 Å². The number of pyridine rings is 2. The highest BCUT2D eigenvalue weighted by molar-refractivity contribution is 5.80. The number of nitrogen functional groups attached to an aromatic ring is 1. The predicted molar refractivity (Wildman–Crippen MR) is 61.5 cm³/mol. The normalized spacial score (nSPS) is 10.9. The lowest BCUT2D eigenvalue weighted by atomic mass is 10.2. The highest BCUT2D eigenvalue weighted by Crippen LogP contribution is 2.14. The third-order valence-corrected chi connectivity index (χ3v) is 2.64. The molecule has 1 aromatic carbocycles. The highest BCUT2D eigenvalue weighted by atomic mass is 14.9. The van der Waals surface area contributed by atoms with Gasteiger partial charge in [-0.1, -0.05) is 0 Å². The molecule has 0 saturated carbocycles. The van der Waals surface area contributed by atoms with E-state index in [0.29, 0.717) is 0 Å². The van der Waals surface area contributed by atoms with Crippen LogP contribution in [-0.4, -0.2) is 0 Å². The van der Waals surface area contributed by atoms with Crippen molar-refractivity contribution in [1.82, 2.24) is 0 Å². The lowest BCUT2D eigenvalue weighted by Gasteiger charge is -1.97. The molecule has 0 saturated heterocycles. The first kappa shape index (κ1) is 8.24. The Kier molecular flexibility index (Phi) is 1.62. The van der Waals surface area contributed by atoms with Crippen LogP contribution in [0, 0.1) is 0 Å². The molecule has 0 amide bonds. The Morgan fingerprint density at radius 2 is 1.87 bits per heavy atom. The molecule has 2 heterocycles. The van der Waals surface area contributed by atoms with Crippen LogP contribution in [-0.2, 0) is 0 Å². The van der Waals surface area contributed by atoms with Gasteiger partial charge >= 0.3 is 0 Å². The zero-order valence-corrected chi connectivity index (χ0v) is 8.22. The fourth-order valence-electron chi connectivity index (χ4n) is 1.91. The largest absolute Gasteiger partial charge is 0.399 e. The minimum absolute atomic E-state index is 0.804. The van der Waals surface area contributed by atoms with Crippen LogP contribution < -0.4 is 10.1 Å². The lowest BCUT2D eigenvalue weighted by molar-refractivity contribution is -0.481. The van der Waals surface area contributed by atoms with Gasteiger partial charge in [-0.05, 0) is 24.3 Å². The quantitative estimate of drug-likeness (QED) is 0.332. The summed E-state index contributed by atoms with van der Waals surface area (Å²) in [7, 11) is 0. The molecule has 0 aliphatic carbocycles. The molecular weight excluding hydrogens is 184 g/mol. The molecule has 0 radical (unpaired) electrons. The number of benzene rings is 1. The topological polar surface area (TPSA) is 30.1 Å². The van der Waals surface area contributed by atoms with Crippen molar-refractivity contribution in [3.8, 4) is 0 Å². The SMILES string of the molecule is Nc1ccc2c(ccc3cccc[n+]32)c1. The van der Waals surface area contributed by atoms with E-state index in [1.807, 2.05) is 24.3 Å². The Morgan fingerprint density at radius 3 is 2.80 bits per heavy atom. The maximum atomic E-state index is 5.76. The lowest BCUT2D eigenvalue weighted by Crippen LogP contribution is -2.21. The van der Waals surface area contributed by atoms with E-state index in [2.05, 4.69) is 34.9 Å². The van der Waals surface area contributed by atoms with Crippen molar-refractivity contribution in [3.63, 3.8) is 0 Å². The van der Waals surface area contributed by atoms with Gasteiger partial charge in [0.2, 0.25) is 11.0 Å². The molecule has 0 fully saturated rings. The average molecular weight is 195 g/mol.